The predicted molar refractivity (Wildman–Crippen MR) is 69.8 cm³/mol. The summed E-state index contributed by atoms with van der Waals surface area (Å²) in [5.74, 6) is -0.137. The lowest BCUT2D eigenvalue weighted by Gasteiger charge is -2.07. The molecule has 0 spiro atoms. The molecule has 1 aromatic carbocycles. The summed E-state index contributed by atoms with van der Waals surface area (Å²) in [7, 11) is 0. The summed E-state index contributed by atoms with van der Waals surface area (Å²) in [6.07, 6.45) is 1.57. The number of halogens is 2. The second-order valence-electron chi connectivity index (χ2n) is 3.63. The third kappa shape index (κ3) is 3.93. The van der Waals surface area contributed by atoms with Gasteiger partial charge in [0, 0.05) is 12.3 Å². The van der Waals surface area contributed by atoms with E-state index in [1.54, 1.807) is 24.4 Å². The van der Waals surface area contributed by atoms with Crippen molar-refractivity contribution in [3.63, 3.8) is 0 Å². The third-order valence-electron chi connectivity index (χ3n) is 2.19. The van der Waals surface area contributed by atoms with Crippen molar-refractivity contribution in [2.45, 2.75) is 0 Å². The lowest BCUT2D eigenvalue weighted by Crippen LogP contribution is -2.20. The smallest absolute Gasteiger partial charge is 0.263 e. The number of carbonyl (C=O) groups is 1. The molecular formula is C13H10ClFN2O2. The van der Waals surface area contributed by atoms with Crippen molar-refractivity contribution in [2.24, 2.45) is 0 Å². The second-order valence-corrected chi connectivity index (χ2v) is 4.03. The van der Waals surface area contributed by atoms with Crippen LogP contribution in [-0.4, -0.2) is 17.5 Å². The maximum atomic E-state index is 12.9. The zero-order valence-corrected chi connectivity index (χ0v) is 10.5. The van der Waals surface area contributed by atoms with E-state index in [-0.39, 0.29) is 17.5 Å². The molecule has 4 nitrogen and oxygen atoms in total. The topological polar surface area (TPSA) is 51.2 Å². The molecule has 0 fully saturated rings. The third-order valence-corrected chi connectivity index (χ3v) is 2.48. The molecule has 2 rings (SSSR count). The molecule has 0 aliphatic rings. The Kier molecular flexibility index (Phi) is 4.30. The van der Waals surface area contributed by atoms with Gasteiger partial charge in [0.25, 0.3) is 5.91 Å². The van der Waals surface area contributed by atoms with E-state index in [4.69, 9.17) is 16.3 Å². The minimum atomic E-state index is -0.535. The van der Waals surface area contributed by atoms with Crippen LogP contribution < -0.4 is 10.1 Å². The summed E-state index contributed by atoms with van der Waals surface area (Å²) in [6, 6.07) is 9.04. The fourth-order valence-electron chi connectivity index (χ4n) is 1.33. The van der Waals surface area contributed by atoms with E-state index >= 15 is 0 Å². The van der Waals surface area contributed by atoms with Gasteiger partial charge < -0.3 is 10.1 Å². The zero-order valence-electron chi connectivity index (χ0n) is 9.77. The molecular weight excluding hydrogens is 271 g/mol. The van der Waals surface area contributed by atoms with Crippen LogP contribution in [0, 0.1) is 5.82 Å². The number of nitrogens with one attached hydrogen (secondary N) is 1. The van der Waals surface area contributed by atoms with E-state index in [0.29, 0.717) is 11.6 Å². The lowest BCUT2D eigenvalue weighted by atomic mass is 10.3. The lowest BCUT2D eigenvalue weighted by molar-refractivity contribution is -0.118. The summed E-state index contributed by atoms with van der Waals surface area (Å²) in [4.78, 5) is 15.5. The number of amides is 1. The summed E-state index contributed by atoms with van der Waals surface area (Å²) in [6.45, 7) is -0.210. The number of hydrogen-bond acceptors (Lipinski definition) is 3. The first-order valence-electron chi connectivity index (χ1n) is 5.44. The van der Waals surface area contributed by atoms with Gasteiger partial charge in [0.1, 0.15) is 17.4 Å². The minimum Gasteiger partial charge on any atom is -0.484 e. The van der Waals surface area contributed by atoms with E-state index in [9.17, 15) is 9.18 Å². The molecule has 98 valence electrons. The first kappa shape index (κ1) is 13.3. The van der Waals surface area contributed by atoms with Gasteiger partial charge in [-0.2, -0.15) is 0 Å². The Morgan fingerprint density at radius 3 is 2.89 bits per heavy atom. The molecule has 0 saturated heterocycles. The Bertz CT molecular complexity index is 578. The molecule has 1 N–H and O–H groups in total. The number of pyridine rings is 1. The standard InChI is InChI=1S/C13H10ClFN2O2/c14-10-7-9(4-5-11(10)15)19-8-13(18)17-12-3-1-2-6-16-12/h1-7H,8H2,(H,16,17,18). The highest BCUT2D eigenvalue weighted by Gasteiger charge is 2.06. The van der Waals surface area contributed by atoms with E-state index in [0.717, 1.165) is 0 Å². The number of carbonyl (C=O) groups excluding carboxylic acids is 1. The largest absolute Gasteiger partial charge is 0.484 e. The first-order valence-corrected chi connectivity index (χ1v) is 5.81. The van der Waals surface area contributed by atoms with Crippen molar-refractivity contribution < 1.29 is 13.9 Å². The number of nitrogens with zero attached hydrogens (tertiary/aromatic N) is 1. The van der Waals surface area contributed by atoms with Gasteiger partial charge in [-0.15, -0.1) is 0 Å². The van der Waals surface area contributed by atoms with Crippen LogP contribution in [0.2, 0.25) is 5.02 Å². The van der Waals surface area contributed by atoms with Gasteiger partial charge in [-0.1, -0.05) is 17.7 Å². The van der Waals surface area contributed by atoms with Crippen LogP contribution in [0.1, 0.15) is 0 Å². The highest BCUT2D eigenvalue weighted by atomic mass is 35.5. The van der Waals surface area contributed by atoms with Gasteiger partial charge in [-0.05, 0) is 24.3 Å². The second kappa shape index (κ2) is 6.15. The van der Waals surface area contributed by atoms with Crippen LogP contribution in [-0.2, 0) is 4.79 Å². The summed E-state index contributed by atoms with van der Waals surface area (Å²) >= 11 is 5.59. The van der Waals surface area contributed by atoms with E-state index in [2.05, 4.69) is 10.3 Å². The molecule has 1 aromatic heterocycles. The Labute approximate surface area is 114 Å². The molecule has 0 atom stereocenters. The van der Waals surface area contributed by atoms with Crippen LogP contribution in [0.4, 0.5) is 10.2 Å². The number of ether oxygens (including phenoxy) is 1. The normalized spacial score (nSPS) is 10.0. The molecule has 6 heteroatoms. The molecule has 0 aliphatic heterocycles. The molecule has 1 amide bonds. The van der Waals surface area contributed by atoms with Crippen LogP contribution in [0.25, 0.3) is 0 Å². The maximum Gasteiger partial charge on any atom is 0.263 e. The van der Waals surface area contributed by atoms with Crippen molar-refractivity contribution in [3.8, 4) is 5.75 Å². The number of rotatable bonds is 4. The molecule has 0 unspecified atom stereocenters. The zero-order chi connectivity index (χ0) is 13.7. The monoisotopic (exact) mass is 280 g/mol. The van der Waals surface area contributed by atoms with Gasteiger partial charge >= 0.3 is 0 Å². The molecule has 1 heterocycles. The van der Waals surface area contributed by atoms with Gasteiger partial charge in [-0.25, -0.2) is 9.37 Å². The van der Waals surface area contributed by atoms with E-state index in [1.165, 1.54) is 18.2 Å². The molecule has 0 bridgehead atoms. The number of anilines is 1. The molecule has 0 aliphatic carbocycles. The van der Waals surface area contributed by atoms with Gasteiger partial charge in [0.2, 0.25) is 0 Å². The Morgan fingerprint density at radius 1 is 1.37 bits per heavy atom. The molecule has 2 aromatic rings. The first-order chi connectivity index (χ1) is 9.15. The highest BCUT2D eigenvalue weighted by molar-refractivity contribution is 6.30. The summed E-state index contributed by atoms with van der Waals surface area (Å²) < 4.78 is 18.1. The van der Waals surface area contributed by atoms with Crippen molar-refractivity contribution in [1.82, 2.24) is 4.98 Å². The van der Waals surface area contributed by atoms with E-state index in [1.807, 2.05) is 0 Å². The number of hydrogen-bond donors (Lipinski definition) is 1. The van der Waals surface area contributed by atoms with Gasteiger partial charge in [0.05, 0.1) is 5.02 Å². The van der Waals surface area contributed by atoms with Gasteiger partial charge in [0.15, 0.2) is 6.61 Å². The van der Waals surface area contributed by atoms with Crippen molar-refractivity contribution in [2.75, 3.05) is 11.9 Å². The van der Waals surface area contributed by atoms with Crippen LogP contribution in [0.5, 0.6) is 5.75 Å². The predicted octanol–water partition coefficient (Wildman–Crippen LogP) is 2.89. The number of aromatic nitrogens is 1. The fraction of sp³-hybridized carbons (Fsp3) is 0.0769. The average molecular weight is 281 g/mol. The maximum absolute atomic E-state index is 12.9. The Balaban J connectivity index is 1.88. The average Bonchev–Trinajstić information content (AvgIpc) is 2.41. The Morgan fingerprint density at radius 2 is 2.21 bits per heavy atom. The van der Waals surface area contributed by atoms with Crippen LogP contribution in [0.15, 0.2) is 42.6 Å². The summed E-state index contributed by atoms with van der Waals surface area (Å²) in [5.41, 5.74) is 0. The fourth-order valence-corrected chi connectivity index (χ4v) is 1.50. The van der Waals surface area contributed by atoms with Crippen LogP contribution in [0.3, 0.4) is 0 Å². The minimum absolute atomic E-state index is 0.0531. The SMILES string of the molecule is O=C(COc1ccc(F)c(Cl)c1)Nc1ccccn1. The van der Waals surface area contributed by atoms with Crippen molar-refractivity contribution in [3.05, 3.63) is 53.4 Å². The number of benzene rings is 1. The molecule has 19 heavy (non-hydrogen) atoms. The Hall–Kier alpha value is -2.14. The molecule has 0 saturated carbocycles. The van der Waals surface area contributed by atoms with Crippen LogP contribution >= 0.6 is 11.6 Å². The quantitative estimate of drug-likeness (QED) is 0.937. The van der Waals surface area contributed by atoms with Gasteiger partial charge in [-0.3, -0.25) is 4.79 Å². The highest BCUT2D eigenvalue weighted by Crippen LogP contribution is 2.20. The van der Waals surface area contributed by atoms with Crippen molar-refractivity contribution in [1.29, 1.82) is 0 Å². The van der Waals surface area contributed by atoms with Crippen molar-refractivity contribution >= 4 is 23.3 Å². The van der Waals surface area contributed by atoms with E-state index < -0.39 is 5.82 Å². The molecule has 0 radical (unpaired) electrons. The summed E-state index contributed by atoms with van der Waals surface area (Å²) in [5, 5.41) is 2.50.